The van der Waals surface area contributed by atoms with Crippen LogP contribution in [-0.4, -0.2) is 17.1 Å². The molecular formula is C17H15FN4OS. The smallest absolute Gasteiger partial charge is 0.283 e. The maximum Gasteiger partial charge on any atom is 0.283 e. The number of rotatable bonds is 3. The number of nitrogen functional groups attached to an aromatic ring is 1. The number of nitrogens with one attached hydrogen (secondary N) is 1. The Labute approximate surface area is 142 Å². The molecule has 0 spiro atoms. The Kier molecular flexibility index (Phi) is 4.26. The number of halogens is 1. The highest BCUT2D eigenvalue weighted by Gasteiger charge is 2.18. The predicted molar refractivity (Wildman–Crippen MR) is 95.0 cm³/mol. The van der Waals surface area contributed by atoms with E-state index in [-0.39, 0.29) is 5.82 Å². The minimum absolute atomic E-state index is 0.326. The lowest BCUT2D eigenvalue weighted by Crippen LogP contribution is -2.17. The standard InChI is InChI=1S/C17H15FN4OS/c1-9-7-10(2)21-17-13(9)14(19)15(24-17)16(23)22-20-8-11-3-5-12(18)6-4-11/h3-8H,19H2,1-2H3,(H,22,23)/b20-8+. The SMILES string of the molecule is Cc1cc(C)c2c(N)c(C(=O)N/N=C/c3ccc(F)cc3)sc2n1. The lowest BCUT2D eigenvalue weighted by atomic mass is 10.1. The number of anilines is 1. The second kappa shape index (κ2) is 6.37. The fourth-order valence-corrected chi connectivity index (χ4v) is 3.51. The van der Waals surface area contributed by atoms with E-state index in [9.17, 15) is 9.18 Å². The van der Waals surface area contributed by atoms with Gasteiger partial charge in [-0.3, -0.25) is 4.79 Å². The van der Waals surface area contributed by atoms with Crippen LogP contribution in [-0.2, 0) is 0 Å². The van der Waals surface area contributed by atoms with Crippen LogP contribution in [0.2, 0.25) is 0 Å². The molecular weight excluding hydrogens is 327 g/mol. The molecule has 5 nitrogen and oxygen atoms in total. The molecule has 7 heteroatoms. The zero-order valence-corrected chi connectivity index (χ0v) is 13.9. The van der Waals surface area contributed by atoms with Crippen LogP contribution in [0.3, 0.4) is 0 Å². The van der Waals surface area contributed by atoms with E-state index in [1.54, 1.807) is 12.1 Å². The topological polar surface area (TPSA) is 80.4 Å². The van der Waals surface area contributed by atoms with Crippen LogP contribution >= 0.6 is 11.3 Å². The van der Waals surface area contributed by atoms with Crippen molar-refractivity contribution in [3.8, 4) is 0 Å². The molecule has 0 aliphatic carbocycles. The van der Waals surface area contributed by atoms with Crippen molar-refractivity contribution in [3.63, 3.8) is 0 Å². The van der Waals surface area contributed by atoms with Gasteiger partial charge in [-0.05, 0) is 43.2 Å². The van der Waals surface area contributed by atoms with Crippen molar-refractivity contribution in [2.24, 2.45) is 5.10 Å². The summed E-state index contributed by atoms with van der Waals surface area (Å²) < 4.78 is 12.8. The summed E-state index contributed by atoms with van der Waals surface area (Å²) in [4.78, 5) is 17.8. The number of hydrogen-bond donors (Lipinski definition) is 2. The zero-order chi connectivity index (χ0) is 17.3. The van der Waals surface area contributed by atoms with E-state index in [1.807, 2.05) is 19.9 Å². The summed E-state index contributed by atoms with van der Waals surface area (Å²) in [6.07, 6.45) is 1.44. The van der Waals surface area contributed by atoms with E-state index in [0.717, 1.165) is 21.5 Å². The van der Waals surface area contributed by atoms with E-state index in [4.69, 9.17) is 5.73 Å². The molecule has 2 heterocycles. The Morgan fingerprint density at radius 2 is 2.04 bits per heavy atom. The number of nitrogens with zero attached hydrogens (tertiary/aromatic N) is 2. The second-order valence-electron chi connectivity index (χ2n) is 5.36. The van der Waals surface area contributed by atoms with Gasteiger partial charge in [0.1, 0.15) is 15.5 Å². The first-order chi connectivity index (χ1) is 11.5. The number of benzene rings is 1. The van der Waals surface area contributed by atoms with Crippen molar-refractivity contribution >= 4 is 39.4 Å². The molecule has 3 aromatic rings. The van der Waals surface area contributed by atoms with Crippen molar-refractivity contribution < 1.29 is 9.18 Å². The van der Waals surface area contributed by atoms with E-state index < -0.39 is 5.91 Å². The molecule has 0 saturated heterocycles. The molecule has 0 radical (unpaired) electrons. The average Bonchev–Trinajstić information content (AvgIpc) is 2.86. The predicted octanol–water partition coefficient (Wildman–Crippen LogP) is 3.40. The molecule has 0 aliphatic rings. The van der Waals surface area contributed by atoms with Crippen LogP contribution in [0.5, 0.6) is 0 Å². The molecule has 0 saturated carbocycles. The van der Waals surface area contributed by atoms with Crippen LogP contribution < -0.4 is 11.2 Å². The molecule has 24 heavy (non-hydrogen) atoms. The summed E-state index contributed by atoms with van der Waals surface area (Å²) in [5.41, 5.74) is 11.5. The minimum atomic E-state index is -0.397. The average molecular weight is 342 g/mol. The van der Waals surface area contributed by atoms with Gasteiger partial charge in [-0.2, -0.15) is 5.10 Å². The maximum absolute atomic E-state index is 12.8. The van der Waals surface area contributed by atoms with Gasteiger partial charge >= 0.3 is 0 Å². The highest BCUT2D eigenvalue weighted by Crippen LogP contribution is 2.34. The Balaban J connectivity index is 1.82. The van der Waals surface area contributed by atoms with Crippen molar-refractivity contribution in [2.75, 3.05) is 5.73 Å². The highest BCUT2D eigenvalue weighted by atomic mass is 32.1. The fourth-order valence-electron chi connectivity index (χ4n) is 2.40. The molecule has 122 valence electrons. The van der Waals surface area contributed by atoms with Crippen molar-refractivity contribution in [2.45, 2.75) is 13.8 Å². The van der Waals surface area contributed by atoms with Crippen molar-refractivity contribution in [1.82, 2.24) is 10.4 Å². The number of hydrazone groups is 1. The normalized spacial score (nSPS) is 11.3. The van der Waals surface area contributed by atoms with Gasteiger partial charge in [0.15, 0.2) is 0 Å². The molecule has 0 bridgehead atoms. The van der Waals surface area contributed by atoms with Gasteiger partial charge in [0.25, 0.3) is 5.91 Å². The van der Waals surface area contributed by atoms with Crippen molar-refractivity contribution in [3.05, 3.63) is 57.8 Å². The van der Waals surface area contributed by atoms with Gasteiger partial charge in [-0.1, -0.05) is 12.1 Å². The lowest BCUT2D eigenvalue weighted by molar-refractivity contribution is 0.0960. The summed E-state index contributed by atoms with van der Waals surface area (Å²) >= 11 is 1.24. The number of carbonyl (C=O) groups is 1. The summed E-state index contributed by atoms with van der Waals surface area (Å²) in [6.45, 7) is 3.84. The first-order valence-corrected chi connectivity index (χ1v) is 8.02. The number of aromatic nitrogens is 1. The summed E-state index contributed by atoms with van der Waals surface area (Å²) in [7, 11) is 0. The molecule has 1 amide bonds. The Morgan fingerprint density at radius 3 is 2.75 bits per heavy atom. The Bertz CT molecular complexity index is 947. The molecule has 3 N–H and O–H groups in total. The number of thiophene rings is 1. The maximum atomic E-state index is 12.8. The molecule has 1 aromatic carbocycles. The largest absolute Gasteiger partial charge is 0.397 e. The lowest BCUT2D eigenvalue weighted by Gasteiger charge is -2.00. The van der Waals surface area contributed by atoms with Crippen LogP contribution in [0.1, 0.15) is 26.5 Å². The Hall–Kier alpha value is -2.80. The van der Waals surface area contributed by atoms with Gasteiger partial charge in [0.05, 0.1) is 11.9 Å². The van der Waals surface area contributed by atoms with Crippen LogP contribution in [0.25, 0.3) is 10.2 Å². The summed E-state index contributed by atoms with van der Waals surface area (Å²) in [6, 6.07) is 7.71. The first kappa shape index (κ1) is 16.1. The third kappa shape index (κ3) is 3.11. The number of aryl methyl sites for hydroxylation is 2. The molecule has 0 aliphatic heterocycles. The van der Waals surface area contributed by atoms with Gasteiger partial charge < -0.3 is 5.73 Å². The number of amides is 1. The number of nitrogens with two attached hydrogens (primary N) is 1. The van der Waals surface area contributed by atoms with Gasteiger partial charge in [-0.25, -0.2) is 14.8 Å². The van der Waals surface area contributed by atoms with E-state index in [2.05, 4.69) is 15.5 Å². The van der Waals surface area contributed by atoms with E-state index >= 15 is 0 Å². The molecule has 3 rings (SSSR count). The van der Waals surface area contributed by atoms with Crippen LogP contribution in [0.15, 0.2) is 35.4 Å². The number of pyridine rings is 1. The third-order valence-corrected chi connectivity index (χ3v) is 4.58. The molecule has 0 fully saturated rings. The monoisotopic (exact) mass is 342 g/mol. The molecule has 2 aromatic heterocycles. The van der Waals surface area contributed by atoms with Crippen molar-refractivity contribution in [1.29, 1.82) is 0 Å². The van der Waals surface area contributed by atoms with Gasteiger partial charge in [0, 0.05) is 11.1 Å². The van der Waals surface area contributed by atoms with E-state index in [0.29, 0.717) is 16.1 Å². The van der Waals surface area contributed by atoms with E-state index in [1.165, 1.54) is 29.7 Å². The van der Waals surface area contributed by atoms with Crippen LogP contribution in [0, 0.1) is 19.7 Å². The van der Waals surface area contributed by atoms with Gasteiger partial charge in [-0.15, -0.1) is 11.3 Å². The minimum Gasteiger partial charge on any atom is -0.397 e. The first-order valence-electron chi connectivity index (χ1n) is 7.21. The number of hydrogen-bond acceptors (Lipinski definition) is 5. The number of carbonyl (C=O) groups excluding carboxylic acids is 1. The second-order valence-corrected chi connectivity index (χ2v) is 6.36. The highest BCUT2D eigenvalue weighted by molar-refractivity contribution is 7.21. The number of fused-ring (bicyclic) bond motifs is 1. The quantitative estimate of drug-likeness (QED) is 0.565. The molecule has 0 atom stereocenters. The Morgan fingerprint density at radius 1 is 1.33 bits per heavy atom. The third-order valence-electron chi connectivity index (χ3n) is 3.48. The summed E-state index contributed by atoms with van der Waals surface area (Å²) in [5.74, 6) is -0.724. The molecule has 0 unspecified atom stereocenters. The fraction of sp³-hybridized carbons (Fsp3) is 0.118. The van der Waals surface area contributed by atoms with Gasteiger partial charge in [0.2, 0.25) is 0 Å². The zero-order valence-electron chi connectivity index (χ0n) is 13.1. The summed E-state index contributed by atoms with van der Waals surface area (Å²) in [5, 5.41) is 4.69. The van der Waals surface area contributed by atoms with Crippen LogP contribution in [0.4, 0.5) is 10.1 Å².